The molecule has 0 aliphatic carbocycles. The van der Waals surface area contributed by atoms with Crippen molar-refractivity contribution < 1.29 is 28.9 Å². The SMILES string of the molecule is CCCNC(=O)COc1cc2c(cc1C(=O)O)OCO2. The van der Waals surface area contributed by atoms with E-state index in [4.69, 9.17) is 19.3 Å². The maximum Gasteiger partial charge on any atom is 0.339 e. The van der Waals surface area contributed by atoms with Crippen LogP contribution in [0.3, 0.4) is 0 Å². The van der Waals surface area contributed by atoms with Crippen LogP contribution in [0.2, 0.25) is 0 Å². The maximum atomic E-state index is 11.5. The zero-order valence-corrected chi connectivity index (χ0v) is 11.0. The first-order valence-electron chi connectivity index (χ1n) is 6.18. The van der Waals surface area contributed by atoms with Gasteiger partial charge in [0.05, 0.1) is 0 Å². The number of carboxylic acids is 1. The molecule has 1 aromatic carbocycles. The first-order valence-corrected chi connectivity index (χ1v) is 6.18. The van der Waals surface area contributed by atoms with E-state index >= 15 is 0 Å². The number of carbonyl (C=O) groups is 2. The zero-order valence-electron chi connectivity index (χ0n) is 11.0. The molecule has 1 amide bonds. The smallest absolute Gasteiger partial charge is 0.339 e. The number of fused-ring (bicyclic) bond motifs is 1. The summed E-state index contributed by atoms with van der Waals surface area (Å²) in [5.41, 5.74) is -0.0717. The number of benzene rings is 1. The molecule has 0 fully saturated rings. The van der Waals surface area contributed by atoms with Gasteiger partial charge in [0.15, 0.2) is 18.1 Å². The normalized spacial score (nSPS) is 12.1. The van der Waals surface area contributed by atoms with Crippen molar-refractivity contribution in [1.29, 1.82) is 0 Å². The van der Waals surface area contributed by atoms with Crippen molar-refractivity contribution in [2.75, 3.05) is 19.9 Å². The van der Waals surface area contributed by atoms with Crippen LogP contribution in [0.5, 0.6) is 17.2 Å². The van der Waals surface area contributed by atoms with Crippen LogP contribution in [-0.4, -0.2) is 36.9 Å². The molecule has 0 aromatic heterocycles. The highest BCUT2D eigenvalue weighted by Crippen LogP contribution is 2.38. The third kappa shape index (κ3) is 3.11. The second-order valence-electron chi connectivity index (χ2n) is 4.15. The Bertz CT molecular complexity index is 528. The summed E-state index contributed by atoms with van der Waals surface area (Å²) in [7, 11) is 0. The lowest BCUT2D eigenvalue weighted by atomic mass is 10.2. The average molecular weight is 281 g/mol. The lowest BCUT2D eigenvalue weighted by Gasteiger charge is -2.10. The van der Waals surface area contributed by atoms with Gasteiger partial charge in [-0.2, -0.15) is 0 Å². The van der Waals surface area contributed by atoms with E-state index in [9.17, 15) is 9.59 Å². The summed E-state index contributed by atoms with van der Waals surface area (Å²) in [6.07, 6.45) is 0.816. The molecule has 108 valence electrons. The summed E-state index contributed by atoms with van der Waals surface area (Å²) < 4.78 is 15.5. The van der Waals surface area contributed by atoms with Crippen LogP contribution in [0.15, 0.2) is 12.1 Å². The molecule has 0 saturated carbocycles. The number of amides is 1. The molecule has 2 N–H and O–H groups in total. The molecule has 0 radical (unpaired) electrons. The Labute approximate surface area is 115 Å². The number of hydrogen-bond donors (Lipinski definition) is 2. The molecule has 0 unspecified atom stereocenters. The quantitative estimate of drug-likeness (QED) is 0.808. The van der Waals surface area contributed by atoms with Crippen molar-refractivity contribution in [2.24, 2.45) is 0 Å². The molecule has 0 atom stereocenters. The summed E-state index contributed by atoms with van der Waals surface area (Å²) in [6, 6.07) is 2.74. The van der Waals surface area contributed by atoms with Crippen LogP contribution in [0.25, 0.3) is 0 Å². The minimum absolute atomic E-state index is 0.0365. The van der Waals surface area contributed by atoms with Crippen molar-refractivity contribution in [3.63, 3.8) is 0 Å². The third-order valence-electron chi connectivity index (χ3n) is 2.64. The molecule has 1 aromatic rings. The van der Waals surface area contributed by atoms with Crippen molar-refractivity contribution in [1.82, 2.24) is 5.32 Å². The van der Waals surface area contributed by atoms with Crippen molar-refractivity contribution in [3.8, 4) is 17.2 Å². The van der Waals surface area contributed by atoms with E-state index < -0.39 is 5.97 Å². The van der Waals surface area contributed by atoms with E-state index in [2.05, 4.69) is 5.32 Å². The second-order valence-corrected chi connectivity index (χ2v) is 4.15. The van der Waals surface area contributed by atoms with E-state index in [1.54, 1.807) is 0 Å². The van der Waals surface area contributed by atoms with Crippen molar-refractivity contribution in [3.05, 3.63) is 17.7 Å². The number of aromatic carboxylic acids is 1. The van der Waals surface area contributed by atoms with E-state index in [0.29, 0.717) is 18.0 Å². The Morgan fingerprint density at radius 1 is 1.35 bits per heavy atom. The van der Waals surface area contributed by atoms with Gasteiger partial charge >= 0.3 is 5.97 Å². The summed E-state index contributed by atoms with van der Waals surface area (Å²) >= 11 is 0. The molecule has 1 heterocycles. The fourth-order valence-electron chi connectivity index (χ4n) is 1.67. The van der Waals surface area contributed by atoms with Gasteiger partial charge in [-0.1, -0.05) is 6.92 Å². The van der Waals surface area contributed by atoms with Gasteiger partial charge in [-0.05, 0) is 6.42 Å². The molecule has 20 heavy (non-hydrogen) atoms. The number of hydrogen-bond acceptors (Lipinski definition) is 5. The predicted octanol–water partition coefficient (Wildman–Crippen LogP) is 1.02. The molecule has 7 heteroatoms. The Kier molecular flexibility index (Phi) is 4.29. The molecule has 2 rings (SSSR count). The van der Waals surface area contributed by atoms with E-state index in [-0.39, 0.29) is 30.6 Å². The summed E-state index contributed by atoms with van der Waals surface area (Å²) in [6.45, 7) is 2.27. The Morgan fingerprint density at radius 3 is 2.70 bits per heavy atom. The van der Waals surface area contributed by atoms with Gasteiger partial charge in [-0.3, -0.25) is 4.79 Å². The van der Waals surface area contributed by atoms with Gasteiger partial charge in [0.2, 0.25) is 6.79 Å². The minimum atomic E-state index is -1.16. The Hall–Kier alpha value is -2.44. The van der Waals surface area contributed by atoms with E-state index in [0.717, 1.165) is 6.42 Å². The van der Waals surface area contributed by atoms with Gasteiger partial charge in [0, 0.05) is 18.7 Å². The van der Waals surface area contributed by atoms with Gasteiger partial charge in [-0.15, -0.1) is 0 Å². The van der Waals surface area contributed by atoms with E-state index in [1.165, 1.54) is 12.1 Å². The molecule has 0 spiro atoms. The van der Waals surface area contributed by atoms with Gasteiger partial charge in [-0.25, -0.2) is 4.79 Å². The lowest BCUT2D eigenvalue weighted by Crippen LogP contribution is -2.29. The van der Waals surface area contributed by atoms with Crippen molar-refractivity contribution in [2.45, 2.75) is 13.3 Å². The Morgan fingerprint density at radius 2 is 2.05 bits per heavy atom. The maximum absolute atomic E-state index is 11.5. The average Bonchev–Trinajstić information content (AvgIpc) is 2.88. The predicted molar refractivity (Wildman–Crippen MR) is 68.3 cm³/mol. The molecule has 1 aliphatic rings. The van der Waals surface area contributed by atoms with Crippen LogP contribution in [0, 0.1) is 0 Å². The largest absolute Gasteiger partial charge is 0.483 e. The molecular formula is C13H15NO6. The van der Waals surface area contributed by atoms with Crippen LogP contribution in [0.4, 0.5) is 0 Å². The summed E-state index contributed by atoms with van der Waals surface area (Å²) in [4.78, 5) is 22.6. The number of carbonyl (C=O) groups excluding carboxylic acids is 1. The van der Waals surface area contributed by atoms with Crippen LogP contribution < -0.4 is 19.5 Å². The monoisotopic (exact) mass is 281 g/mol. The number of carboxylic acid groups (broad SMARTS) is 1. The molecule has 1 aliphatic heterocycles. The molecular weight excluding hydrogens is 266 g/mol. The number of ether oxygens (including phenoxy) is 3. The number of rotatable bonds is 6. The summed E-state index contributed by atoms with van der Waals surface area (Å²) in [5.74, 6) is -0.634. The molecule has 0 bridgehead atoms. The third-order valence-corrected chi connectivity index (χ3v) is 2.64. The first kappa shape index (κ1) is 14.0. The van der Waals surface area contributed by atoms with E-state index in [1.807, 2.05) is 6.92 Å². The highest BCUT2D eigenvalue weighted by atomic mass is 16.7. The standard InChI is InChI=1S/C13H15NO6/c1-2-3-14-12(15)6-18-9-5-11-10(19-7-20-11)4-8(9)13(16)17/h4-5H,2-3,6-7H2,1H3,(H,14,15)(H,16,17). The van der Waals surface area contributed by atoms with Gasteiger partial charge < -0.3 is 24.6 Å². The second kappa shape index (κ2) is 6.14. The van der Waals surface area contributed by atoms with Gasteiger partial charge in [0.1, 0.15) is 11.3 Å². The molecule has 7 nitrogen and oxygen atoms in total. The zero-order chi connectivity index (χ0) is 14.5. The first-order chi connectivity index (χ1) is 9.61. The van der Waals surface area contributed by atoms with Crippen LogP contribution in [-0.2, 0) is 4.79 Å². The topological polar surface area (TPSA) is 94.1 Å². The van der Waals surface area contributed by atoms with Crippen LogP contribution in [0.1, 0.15) is 23.7 Å². The number of nitrogens with one attached hydrogen (secondary N) is 1. The highest BCUT2D eigenvalue weighted by Gasteiger charge is 2.22. The lowest BCUT2D eigenvalue weighted by molar-refractivity contribution is -0.123. The highest BCUT2D eigenvalue weighted by molar-refractivity contribution is 5.92. The Balaban J connectivity index is 2.10. The summed E-state index contributed by atoms with van der Waals surface area (Å²) in [5, 5.41) is 11.8. The van der Waals surface area contributed by atoms with Gasteiger partial charge in [0.25, 0.3) is 5.91 Å². The molecule has 0 saturated heterocycles. The fourth-order valence-corrected chi connectivity index (χ4v) is 1.67. The minimum Gasteiger partial charge on any atom is -0.483 e. The fraction of sp³-hybridized carbons (Fsp3) is 0.385. The van der Waals surface area contributed by atoms with Crippen LogP contribution >= 0.6 is 0 Å². The van der Waals surface area contributed by atoms with Crippen molar-refractivity contribution >= 4 is 11.9 Å².